The molecule has 6 nitrogen and oxygen atoms in total. The van der Waals surface area contributed by atoms with Crippen molar-refractivity contribution in [2.24, 2.45) is 7.05 Å². The monoisotopic (exact) mass is 449 g/mol. The lowest BCUT2D eigenvalue weighted by Gasteiger charge is -2.15. The average molecular weight is 450 g/mol. The zero-order valence-corrected chi connectivity index (χ0v) is 19.4. The van der Waals surface area contributed by atoms with Gasteiger partial charge in [-0.3, -0.25) is 9.48 Å². The van der Waals surface area contributed by atoms with Crippen molar-refractivity contribution in [3.63, 3.8) is 0 Å². The summed E-state index contributed by atoms with van der Waals surface area (Å²) in [6, 6.07) is 13.4. The van der Waals surface area contributed by atoms with Gasteiger partial charge in [-0.15, -0.1) is 0 Å². The molecule has 0 bridgehead atoms. The minimum atomic E-state index is -0.100. The summed E-state index contributed by atoms with van der Waals surface area (Å²) in [7, 11) is 3.36. The fourth-order valence-electron chi connectivity index (χ4n) is 3.83. The largest absolute Gasteiger partial charge is 0.482 e. The molecule has 0 aliphatic heterocycles. The fourth-order valence-corrected chi connectivity index (χ4v) is 4.11. The van der Waals surface area contributed by atoms with Crippen molar-refractivity contribution >= 4 is 28.3 Å². The summed E-state index contributed by atoms with van der Waals surface area (Å²) < 4.78 is 13.2. The van der Waals surface area contributed by atoms with Gasteiger partial charge >= 0.3 is 0 Å². The number of carbonyl (C=O) groups is 1. The molecule has 2 heterocycles. The molecule has 2 aromatic carbocycles. The second kappa shape index (κ2) is 8.63. The van der Waals surface area contributed by atoms with Gasteiger partial charge in [-0.1, -0.05) is 41.9 Å². The number of benzene rings is 2. The van der Waals surface area contributed by atoms with E-state index >= 15 is 0 Å². The maximum atomic E-state index is 13.4. The summed E-state index contributed by atoms with van der Waals surface area (Å²) in [5.74, 6) is 0.555. The number of ether oxygens (including phenoxy) is 2. The predicted octanol–water partition coefficient (Wildman–Crippen LogP) is 5.37. The maximum Gasteiger partial charge on any atom is 0.258 e. The number of hydrogen-bond donors (Lipinski definition) is 0. The van der Waals surface area contributed by atoms with Crippen LogP contribution in [0.1, 0.15) is 38.4 Å². The van der Waals surface area contributed by atoms with Crippen LogP contribution in [0.15, 0.2) is 42.5 Å². The van der Waals surface area contributed by atoms with E-state index in [1.165, 1.54) is 7.11 Å². The topological polar surface area (TPSA) is 66.2 Å². The van der Waals surface area contributed by atoms with E-state index in [0.29, 0.717) is 51.0 Å². The Morgan fingerprint density at radius 3 is 2.47 bits per heavy atom. The first-order chi connectivity index (χ1) is 15.3. The summed E-state index contributed by atoms with van der Waals surface area (Å²) in [6.45, 7) is 5.93. The lowest BCUT2D eigenvalue weighted by atomic mass is 9.97. The van der Waals surface area contributed by atoms with Crippen molar-refractivity contribution in [2.75, 3.05) is 7.11 Å². The number of methoxy groups -OCH3 is 1. The van der Waals surface area contributed by atoms with Crippen LogP contribution in [0, 0.1) is 20.8 Å². The molecular formula is C25H24ClN3O3. The third-order valence-corrected chi connectivity index (χ3v) is 5.94. The molecule has 164 valence electrons. The summed E-state index contributed by atoms with van der Waals surface area (Å²) in [5.41, 5.74) is 5.11. The Labute approximate surface area is 191 Å². The van der Waals surface area contributed by atoms with Gasteiger partial charge in [0.25, 0.3) is 5.88 Å². The van der Waals surface area contributed by atoms with Crippen LogP contribution in [0.3, 0.4) is 0 Å². The first kappa shape index (κ1) is 21.8. The highest BCUT2D eigenvalue weighted by Gasteiger charge is 2.23. The molecule has 0 amide bonds. The number of rotatable bonds is 6. The number of pyridine rings is 1. The van der Waals surface area contributed by atoms with Crippen LogP contribution in [0.2, 0.25) is 5.02 Å². The van der Waals surface area contributed by atoms with E-state index in [9.17, 15) is 4.79 Å². The van der Waals surface area contributed by atoms with Gasteiger partial charge in [0.05, 0.1) is 28.9 Å². The third kappa shape index (κ3) is 3.82. The second-order valence-electron chi connectivity index (χ2n) is 7.73. The summed E-state index contributed by atoms with van der Waals surface area (Å²) >= 11 is 6.78. The van der Waals surface area contributed by atoms with Gasteiger partial charge in [0, 0.05) is 23.7 Å². The number of aryl methyl sites for hydroxylation is 3. The van der Waals surface area contributed by atoms with Crippen LogP contribution in [0.25, 0.3) is 10.9 Å². The Hall–Kier alpha value is -3.38. The van der Waals surface area contributed by atoms with Crippen LogP contribution in [-0.2, 0) is 13.7 Å². The van der Waals surface area contributed by atoms with Gasteiger partial charge in [0.15, 0.2) is 5.78 Å². The molecule has 0 N–H and O–H groups in total. The molecule has 0 unspecified atom stereocenters. The number of hydrogen-bond acceptors (Lipinski definition) is 5. The number of fused-ring (bicyclic) bond motifs is 1. The Kier molecular flexibility index (Phi) is 5.89. The highest BCUT2D eigenvalue weighted by molar-refractivity contribution is 6.37. The van der Waals surface area contributed by atoms with Crippen LogP contribution in [-0.4, -0.2) is 27.7 Å². The van der Waals surface area contributed by atoms with Crippen molar-refractivity contribution in [1.82, 2.24) is 14.8 Å². The summed E-state index contributed by atoms with van der Waals surface area (Å²) in [4.78, 5) is 18.0. The molecule has 0 fully saturated rings. The Balaban J connectivity index is 1.81. The summed E-state index contributed by atoms with van der Waals surface area (Å²) in [5, 5.41) is 5.37. The number of aromatic nitrogens is 3. The lowest BCUT2D eigenvalue weighted by molar-refractivity contribution is 0.103. The van der Waals surface area contributed by atoms with Gasteiger partial charge in [0.1, 0.15) is 6.61 Å². The van der Waals surface area contributed by atoms with Gasteiger partial charge in [-0.2, -0.15) is 5.10 Å². The Morgan fingerprint density at radius 1 is 1.12 bits per heavy atom. The van der Waals surface area contributed by atoms with E-state index in [-0.39, 0.29) is 5.78 Å². The molecule has 0 aliphatic carbocycles. The molecule has 0 aliphatic rings. The number of carbonyl (C=O) groups excluding carboxylic acids is 1. The molecule has 32 heavy (non-hydrogen) atoms. The SMILES string of the molecule is COc1nc2c(C)cc(C(=O)c3c(C)nn(C)c3C)cc2c(Cl)c1OCc1ccccc1. The van der Waals surface area contributed by atoms with Gasteiger partial charge in [0.2, 0.25) is 5.75 Å². The normalized spacial score (nSPS) is 11.1. The first-order valence-corrected chi connectivity index (χ1v) is 10.6. The molecule has 4 rings (SSSR count). The highest BCUT2D eigenvalue weighted by atomic mass is 35.5. The quantitative estimate of drug-likeness (QED) is 0.370. The molecule has 0 radical (unpaired) electrons. The zero-order valence-electron chi connectivity index (χ0n) is 18.7. The van der Waals surface area contributed by atoms with E-state index in [4.69, 9.17) is 21.1 Å². The van der Waals surface area contributed by atoms with Crippen molar-refractivity contribution in [1.29, 1.82) is 0 Å². The Bertz CT molecular complexity index is 1330. The van der Waals surface area contributed by atoms with Gasteiger partial charge in [-0.05, 0) is 44.0 Å². The van der Waals surface area contributed by atoms with Crippen molar-refractivity contribution < 1.29 is 14.3 Å². The van der Waals surface area contributed by atoms with E-state index in [0.717, 1.165) is 16.8 Å². The second-order valence-corrected chi connectivity index (χ2v) is 8.10. The van der Waals surface area contributed by atoms with Crippen LogP contribution >= 0.6 is 11.6 Å². The van der Waals surface area contributed by atoms with E-state index in [2.05, 4.69) is 10.1 Å². The van der Waals surface area contributed by atoms with Gasteiger partial charge in [-0.25, -0.2) is 4.98 Å². The smallest absolute Gasteiger partial charge is 0.258 e. The molecule has 0 saturated heterocycles. The zero-order chi connectivity index (χ0) is 23.0. The predicted molar refractivity (Wildman–Crippen MR) is 125 cm³/mol. The third-order valence-electron chi connectivity index (χ3n) is 5.56. The maximum absolute atomic E-state index is 13.4. The number of halogens is 1. The number of nitrogens with zero attached hydrogens (tertiary/aromatic N) is 3. The van der Waals surface area contributed by atoms with Crippen LogP contribution < -0.4 is 9.47 Å². The molecule has 4 aromatic rings. The molecule has 7 heteroatoms. The van der Waals surface area contributed by atoms with E-state index < -0.39 is 0 Å². The van der Waals surface area contributed by atoms with Gasteiger partial charge < -0.3 is 9.47 Å². The minimum Gasteiger partial charge on any atom is -0.482 e. The fraction of sp³-hybridized carbons (Fsp3) is 0.240. The standard InChI is InChI=1S/C25H24ClN3O3/c1-14-11-18(23(30)20-15(2)28-29(4)16(20)3)12-19-21(26)24(25(31-5)27-22(14)19)32-13-17-9-7-6-8-10-17/h6-12H,13H2,1-5H3. The molecule has 2 aromatic heterocycles. The number of ketones is 1. The lowest BCUT2D eigenvalue weighted by Crippen LogP contribution is -2.06. The average Bonchev–Trinajstić information content (AvgIpc) is 3.04. The van der Waals surface area contributed by atoms with Crippen molar-refractivity contribution in [2.45, 2.75) is 27.4 Å². The van der Waals surface area contributed by atoms with E-state index in [1.54, 1.807) is 10.7 Å². The van der Waals surface area contributed by atoms with Crippen molar-refractivity contribution in [3.05, 3.63) is 81.1 Å². The molecular weight excluding hydrogens is 426 g/mol. The van der Waals surface area contributed by atoms with E-state index in [1.807, 2.05) is 64.2 Å². The van der Waals surface area contributed by atoms with Crippen LogP contribution in [0.5, 0.6) is 11.6 Å². The first-order valence-electron chi connectivity index (χ1n) is 10.2. The minimum absolute atomic E-state index is 0.100. The molecule has 0 atom stereocenters. The van der Waals surface area contributed by atoms with Crippen molar-refractivity contribution in [3.8, 4) is 11.6 Å². The highest BCUT2D eigenvalue weighted by Crippen LogP contribution is 2.41. The molecule has 0 saturated carbocycles. The van der Waals surface area contributed by atoms with Crippen LogP contribution in [0.4, 0.5) is 0 Å². The summed E-state index contributed by atoms with van der Waals surface area (Å²) in [6.07, 6.45) is 0. The molecule has 0 spiro atoms. The Morgan fingerprint density at radius 2 is 1.84 bits per heavy atom.